The first kappa shape index (κ1) is 16.4. The molecule has 1 aromatic carbocycles. The lowest BCUT2D eigenvalue weighted by Gasteiger charge is -2.25. The number of amides is 3. The van der Waals surface area contributed by atoms with E-state index in [1.807, 2.05) is 6.92 Å². The van der Waals surface area contributed by atoms with E-state index in [0.29, 0.717) is 43.1 Å². The Balaban J connectivity index is 1.77. The molecule has 1 atom stereocenters. The normalized spacial score (nSPS) is 20.1. The van der Waals surface area contributed by atoms with Crippen molar-refractivity contribution in [2.45, 2.75) is 19.4 Å². The summed E-state index contributed by atoms with van der Waals surface area (Å²) < 4.78 is 18.4. The number of hydrogen-bond acceptors (Lipinski definition) is 3. The number of rotatable bonds is 6. The second-order valence-corrected chi connectivity index (χ2v) is 5.75. The van der Waals surface area contributed by atoms with Crippen LogP contribution < -0.4 is 10.6 Å². The molecule has 0 bridgehead atoms. The minimum atomic E-state index is -0.557. The molecule has 0 radical (unpaired) electrons. The summed E-state index contributed by atoms with van der Waals surface area (Å²) in [5.74, 6) is -0.466. The fraction of sp³-hybridized carbons (Fsp3) is 0.412. The standard InChI is InChI=1S/C17H20FN3O3/c1-2-24-9-3-8-21-10-13-14(16(21)22)15(20-17(23)19-13)11-4-6-12(18)7-5-11/h4-7,15H,2-3,8-10H2,1H3,(H2,19,20,23)/t15-/m1/s1. The average molecular weight is 333 g/mol. The van der Waals surface area contributed by atoms with Crippen molar-refractivity contribution in [3.63, 3.8) is 0 Å². The number of carbonyl (C=O) groups excluding carboxylic acids is 2. The monoisotopic (exact) mass is 333 g/mol. The van der Waals surface area contributed by atoms with E-state index in [1.54, 1.807) is 17.0 Å². The third-order valence-corrected chi connectivity index (χ3v) is 4.14. The predicted molar refractivity (Wildman–Crippen MR) is 85.5 cm³/mol. The largest absolute Gasteiger partial charge is 0.382 e. The van der Waals surface area contributed by atoms with E-state index < -0.39 is 6.04 Å². The summed E-state index contributed by atoms with van der Waals surface area (Å²) in [6, 6.07) is 4.90. The third kappa shape index (κ3) is 3.26. The molecule has 7 heteroatoms. The van der Waals surface area contributed by atoms with Crippen molar-refractivity contribution in [3.8, 4) is 0 Å². The van der Waals surface area contributed by atoms with Crippen molar-refractivity contribution < 1.29 is 18.7 Å². The van der Waals surface area contributed by atoms with E-state index in [0.717, 1.165) is 6.42 Å². The molecule has 2 aliphatic rings. The molecule has 0 unspecified atom stereocenters. The molecule has 0 aliphatic carbocycles. The number of nitrogens with zero attached hydrogens (tertiary/aromatic N) is 1. The van der Waals surface area contributed by atoms with Gasteiger partial charge in [0.1, 0.15) is 5.82 Å². The van der Waals surface area contributed by atoms with E-state index in [4.69, 9.17) is 4.74 Å². The molecule has 0 fully saturated rings. The van der Waals surface area contributed by atoms with Crippen LogP contribution in [0.5, 0.6) is 0 Å². The molecule has 0 saturated heterocycles. The summed E-state index contributed by atoms with van der Waals surface area (Å²) in [7, 11) is 0. The van der Waals surface area contributed by atoms with Gasteiger partial charge in [0, 0.05) is 19.8 Å². The molecular formula is C17H20FN3O3. The maximum Gasteiger partial charge on any atom is 0.319 e. The minimum Gasteiger partial charge on any atom is -0.382 e. The van der Waals surface area contributed by atoms with Crippen molar-refractivity contribution in [2.75, 3.05) is 26.3 Å². The van der Waals surface area contributed by atoms with Gasteiger partial charge in [-0.3, -0.25) is 4.79 Å². The van der Waals surface area contributed by atoms with Crippen LogP contribution >= 0.6 is 0 Å². The smallest absolute Gasteiger partial charge is 0.319 e. The van der Waals surface area contributed by atoms with Gasteiger partial charge in [-0.2, -0.15) is 0 Å². The van der Waals surface area contributed by atoms with E-state index in [2.05, 4.69) is 10.6 Å². The Bertz CT molecular complexity index is 672. The first-order chi connectivity index (χ1) is 11.6. The highest BCUT2D eigenvalue weighted by atomic mass is 19.1. The number of nitrogens with one attached hydrogen (secondary N) is 2. The van der Waals surface area contributed by atoms with Gasteiger partial charge in [0.05, 0.1) is 23.9 Å². The molecule has 3 amide bonds. The highest BCUT2D eigenvalue weighted by Gasteiger charge is 2.40. The number of carbonyl (C=O) groups is 2. The number of halogens is 1. The van der Waals surface area contributed by atoms with Crippen molar-refractivity contribution in [1.29, 1.82) is 0 Å². The second-order valence-electron chi connectivity index (χ2n) is 5.75. The van der Waals surface area contributed by atoms with Gasteiger partial charge in [0.25, 0.3) is 5.91 Å². The summed E-state index contributed by atoms with van der Waals surface area (Å²) in [5, 5.41) is 5.46. The molecule has 2 heterocycles. The zero-order valence-corrected chi connectivity index (χ0v) is 13.5. The SMILES string of the molecule is CCOCCCN1CC2=C(C1=O)[C@@H](c1ccc(F)cc1)NC(=O)N2. The highest BCUT2D eigenvalue weighted by molar-refractivity contribution is 6.01. The van der Waals surface area contributed by atoms with Crippen molar-refractivity contribution in [3.05, 3.63) is 46.9 Å². The summed E-state index contributed by atoms with van der Waals surface area (Å²) in [4.78, 5) is 26.3. The van der Waals surface area contributed by atoms with Gasteiger partial charge in [-0.1, -0.05) is 12.1 Å². The molecule has 128 valence electrons. The van der Waals surface area contributed by atoms with Gasteiger partial charge in [-0.15, -0.1) is 0 Å². The Morgan fingerprint density at radius 2 is 2.04 bits per heavy atom. The summed E-state index contributed by atoms with van der Waals surface area (Å²) in [6.07, 6.45) is 0.739. The van der Waals surface area contributed by atoms with Crippen molar-refractivity contribution in [1.82, 2.24) is 15.5 Å². The van der Waals surface area contributed by atoms with Crippen LogP contribution in [0.25, 0.3) is 0 Å². The van der Waals surface area contributed by atoms with Gasteiger partial charge in [0.2, 0.25) is 0 Å². The van der Waals surface area contributed by atoms with Crippen LogP contribution in [0.1, 0.15) is 24.9 Å². The quantitative estimate of drug-likeness (QED) is 0.779. The van der Waals surface area contributed by atoms with Crippen LogP contribution in [0.4, 0.5) is 9.18 Å². The van der Waals surface area contributed by atoms with Crippen LogP contribution in [0, 0.1) is 5.82 Å². The topological polar surface area (TPSA) is 70.7 Å². The number of hydrogen-bond donors (Lipinski definition) is 2. The van der Waals surface area contributed by atoms with Crippen molar-refractivity contribution in [2.24, 2.45) is 0 Å². The summed E-state index contributed by atoms with van der Waals surface area (Å²) >= 11 is 0. The fourth-order valence-electron chi connectivity index (χ4n) is 3.02. The predicted octanol–water partition coefficient (Wildman–Crippen LogP) is 1.70. The van der Waals surface area contributed by atoms with Crippen LogP contribution in [-0.2, 0) is 9.53 Å². The van der Waals surface area contributed by atoms with E-state index in [9.17, 15) is 14.0 Å². The van der Waals surface area contributed by atoms with Gasteiger partial charge in [-0.05, 0) is 31.0 Å². The molecule has 0 spiro atoms. The molecule has 6 nitrogen and oxygen atoms in total. The highest BCUT2D eigenvalue weighted by Crippen LogP contribution is 2.32. The maximum absolute atomic E-state index is 13.1. The molecule has 3 rings (SSSR count). The lowest BCUT2D eigenvalue weighted by molar-refractivity contribution is -0.126. The van der Waals surface area contributed by atoms with Crippen molar-refractivity contribution >= 4 is 11.9 Å². The molecule has 2 aliphatic heterocycles. The first-order valence-corrected chi connectivity index (χ1v) is 8.03. The van der Waals surface area contributed by atoms with E-state index in [1.165, 1.54) is 12.1 Å². The minimum absolute atomic E-state index is 0.108. The fourth-order valence-corrected chi connectivity index (χ4v) is 3.02. The van der Waals surface area contributed by atoms with Crippen LogP contribution in [0.3, 0.4) is 0 Å². The van der Waals surface area contributed by atoms with Gasteiger partial charge < -0.3 is 20.3 Å². The Labute approximate surface area is 139 Å². The molecular weight excluding hydrogens is 313 g/mol. The van der Waals surface area contributed by atoms with E-state index in [-0.39, 0.29) is 17.8 Å². The van der Waals surface area contributed by atoms with E-state index >= 15 is 0 Å². The molecule has 1 aromatic rings. The Morgan fingerprint density at radius 1 is 1.29 bits per heavy atom. The van der Waals surface area contributed by atoms with Gasteiger partial charge >= 0.3 is 6.03 Å². The van der Waals surface area contributed by atoms with Gasteiger partial charge in [0.15, 0.2) is 0 Å². The zero-order chi connectivity index (χ0) is 17.1. The lowest BCUT2D eigenvalue weighted by Crippen LogP contribution is -2.44. The number of urea groups is 1. The maximum atomic E-state index is 13.1. The van der Waals surface area contributed by atoms with Crippen LogP contribution in [0.2, 0.25) is 0 Å². The zero-order valence-electron chi connectivity index (χ0n) is 13.5. The van der Waals surface area contributed by atoms with Crippen LogP contribution in [0.15, 0.2) is 35.5 Å². The summed E-state index contributed by atoms with van der Waals surface area (Å²) in [6.45, 7) is 4.12. The summed E-state index contributed by atoms with van der Waals surface area (Å²) in [5.41, 5.74) is 1.83. The number of ether oxygens (including phenoxy) is 1. The lowest BCUT2D eigenvalue weighted by atomic mass is 9.96. The molecule has 0 aromatic heterocycles. The van der Waals surface area contributed by atoms with Gasteiger partial charge in [-0.25, -0.2) is 9.18 Å². The Hall–Kier alpha value is -2.41. The molecule has 2 N–H and O–H groups in total. The molecule has 24 heavy (non-hydrogen) atoms. The average Bonchev–Trinajstić information content (AvgIpc) is 2.87. The van der Waals surface area contributed by atoms with Crippen LogP contribution in [-0.4, -0.2) is 43.1 Å². The third-order valence-electron chi connectivity index (χ3n) is 4.14. The second kappa shape index (κ2) is 7.00. The Morgan fingerprint density at radius 3 is 2.75 bits per heavy atom. The first-order valence-electron chi connectivity index (χ1n) is 8.03. The Kier molecular flexibility index (Phi) is 4.80. The number of benzene rings is 1. The molecule has 0 saturated carbocycles.